The highest BCUT2D eigenvalue weighted by Gasteiger charge is 2.27. The molecule has 0 aromatic rings. The Kier molecular flexibility index (Phi) is 5.48. The summed E-state index contributed by atoms with van der Waals surface area (Å²) in [6.07, 6.45) is 1.94. The first-order valence-corrected chi connectivity index (χ1v) is 5.53. The highest BCUT2D eigenvalue weighted by Crippen LogP contribution is 2.18. The summed E-state index contributed by atoms with van der Waals surface area (Å²) < 4.78 is 10.0. The number of hydrogen-bond donors (Lipinski definition) is 2. The molecule has 6 nitrogen and oxygen atoms in total. The standard InChI is InChI=1S/C11H17NO5/c1-2-6-16-11(15)12-7-8-4-3-5-9(17-8)10(13)14/h2,8-9H,1,3-7H2,(H,12,15)(H,13,14)/t8-,9+/m1/s1. The van der Waals surface area contributed by atoms with E-state index in [1.54, 1.807) is 0 Å². The topological polar surface area (TPSA) is 84.9 Å². The number of nitrogens with one attached hydrogen (secondary N) is 1. The molecular formula is C11H17NO5. The lowest BCUT2D eigenvalue weighted by atomic mass is 10.0. The van der Waals surface area contributed by atoms with Gasteiger partial charge < -0.3 is 19.9 Å². The van der Waals surface area contributed by atoms with E-state index < -0.39 is 18.2 Å². The predicted octanol–water partition coefficient (Wildman–Crippen LogP) is 0.921. The lowest BCUT2D eigenvalue weighted by molar-refractivity contribution is -0.158. The van der Waals surface area contributed by atoms with Crippen molar-refractivity contribution < 1.29 is 24.2 Å². The van der Waals surface area contributed by atoms with Gasteiger partial charge in [-0.25, -0.2) is 9.59 Å². The molecule has 2 N–H and O–H groups in total. The zero-order chi connectivity index (χ0) is 12.7. The molecule has 96 valence electrons. The van der Waals surface area contributed by atoms with Crippen molar-refractivity contribution >= 4 is 12.1 Å². The maximum Gasteiger partial charge on any atom is 0.407 e. The molecular weight excluding hydrogens is 226 g/mol. The van der Waals surface area contributed by atoms with Crippen LogP contribution in [0.3, 0.4) is 0 Å². The number of ether oxygens (including phenoxy) is 2. The molecule has 0 aromatic carbocycles. The zero-order valence-electron chi connectivity index (χ0n) is 9.55. The first kappa shape index (κ1) is 13.5. The highest BCUT2D eigenvalue weighted by atomic mass is 16.6. The molecule has 1 saturated heterocycles. The fourth-order valence-electron chi connectivity index (χ4n) is 1.61. The van der Waals surface area contributed by atoms with E-state index >= 15 is 0 Å². The maximum absolute atomic E-state index is 11.1. The Balaban J connectivity index is 2.24. The van der Waals surface area contributed by atoms with E-state index in [0.717, 1.165) is 12.8 Å². The van der Waals surface area contributed by atoms with E-state index in [4.69, 9.17) is 14.6 Å². The Bertz CT molecular complexity index is 292. The first-order valence-electron chi connectivity index (χ1n) is 5.53. The van der Waals surface area contributed by atoms with Crippen LogP contribution in [0.4, 0.5) is 4.79 Å². The van der Waals surface area contributed by atoms with Crippen LogP contribution in [0.15, 0.2) is 12.7 Å². The molecule has 1 amide bonds. The van der Waals surface area contributed by atoms with Crippen LogP contribution in [0.1, 0.15) is 19.3 Å². The number of rotatable bonds is 5. The van der Waals surface area contributed by atoms with Crippen molar-refractivity contribution in [2.75, 3.05) is 13.2 Å². The molecule has 2 atom stereocenters. The molecule has 0 aliphatic carbocycles. The van der Waals surface area contributed by atoms with Gasteiger partial charge >= 0.3 is 12.1 Å². The van der Waals surface area contributed by atoms with Gasteiger partial charge in [-0.05, 0) is 19.3 Å². The second-order valence-corrected chi connectivity index (χ2v) is 3.78. The normalized spacial score (nSPS) is 23.8. The highest BCUT2D eigenvalue weighted by molar-refractivity contribution is 5.72. The summed E-state index contributed by atoms with van der Waals surface area (Å²) in [5.74, 6) is -0.955. The van der Waals surface area contributed by atoms with Crippen LogP contribution in [-0.2, 0) is 14.3 Å². The Morgan fingerprint density at radius 1 is 1.53 bits per heavy atom. The number of carbonyl (C=O) groups is 2. The van der Waals surface area contributed by atoms with Crippen molar-refractivity contribution in [2.24, 2.45) is 0 Å². The number of aliphatic carboxylic acids is 1. The summed E-state index contributed by atoms with van der Waals surface area (Å²) in [5.41, 5.74) is 0. The van der Waals surface area contributed by atoms with Crippen LogP contribution in [0.5, 0.6) is 0 Å². The summed E-state index contributed by atoms with van der Waals surface area (Å²) >= 11 is 0. The molecule has 0 unspecified atom stereocenters. The summed E-state index contributed by atoms with van der Waals surface area (Å²) in [6.45, 7) is 3.83. The molecule has 1 aliphatic rings. The number of alkyl carbamates (subject to hydrolysis) is 1. The minimum Gasteiger partial charge on any atom is -0.479 e. The molecule has 0 radical (unpaired) electrons. The Labute approximate surface area is 99.6 Å². The van der Waals surface area contributed by atoms with Gasteiger partial charge in [0.15, 0.2) is 6.10 Å². The van der Waals surface area contributed by atoms with E-state index in [0.29, 0.717) is 6.42 Å². The lowest BCUT2D eigenvalue weighted by Gasteiger charge is -2.27. The quantitative estimate of drug-likeness (QED) is 0.701. The Morgan fingerprint density at radius 3 is 2.94 bits per heavy atom. The molecule has 17 heavy (non-hydrogen) atoms. The summed E-state index contributed by atoms with van der Waals surface area (Å²) in [6, 6.07) is 0. The van der Waals surface area contributed by atoms with Gasteiger partial charge in [0, 0.05) is 6.54 Å². The SMILES string of the molecule is C=CCOC(=O)NC[C@H]1CCC[C@@H](C(=O)O)O1. The summed E-state index contributed by atoms with van der Waals surface area (Å²) in [5, 5.41) is 11.3. The third kappa shape index (κ3) is 4.86. The van der Waals surface area contributed by atoms with Crippen molar-refractivity contribution in [3.05, 3.63) is 12.7 Å². The zero-order valence-corrected chi connectivity index (χ0v) is 9.55. The van der Waals surface area contributed by atoms with Crippen LogP contribution in [-0.4, -0.2) is 42.5 Å². The van der Waals surface area contributed by atoms with Crippen LogP contribution >= 0.6 is 0 Å². The van der Waals surface area contributed by atoms with Gasteiger partial charge in [0.05, 0.1) is 6.10 Å². The smallest absolute Gasteiger partial charge is 0.407 e. The number of carboxylic acids is 1. The average molecular weight is 243 g/mol. The largest absolute Gasteiger partial charge is 0.479 e. The molecule has 0 saturated carbocycles. The van der Waals surface area contributed by atoms with Gasteiger partial charge in [0.1, 0.15) is 6.61 Å². The number of carboxylic acid groups (broad SMARTS) is 1. The van der Waals surface area contributed by atoms with Gasteiger partial charge in [0.2, 0.25) is 0 Å². The molecule has 6 heteroatoms. The third-order valence-corrected chi connectivity index (χ3v) is 2.43. The van der Waals surface area contributed by atoms with Gasteiger partial charge in [0.25, 0.3) is 0 Å². The second-order valence-electron chi connectivity index (χ2n) is 3.78. The average Bonchev–Trinajstić information content (AvgIpc) is 2.34. The van der Waals surface area contributed by atoms with Crippen molar-refractivity contribution in [1.82, 2.24) is 5.32 Å². The van der Waals surface area contributed by atoms with Gasteiger partial charge in [-0.15, -0.1) is 0 Å². The molecule has 1 rings (SSSR count). The number of carbonyl (C=O) groups excluding carboxylic acids is 1. The molecule has 1 fully saturated rings. The minimum absolute atomic E-state index is 0.148. The number of hydrogen-bond acceptors (Lipinski definition) is 4. The van der Waals surface area contributed by atoms with E-state index in [1.165, 1.54) is 6.08 Å². The predicted molar refractivity (Wildman–Crippen MR) is 59.7 cm³/mol. The van der Waals surface area contributed by atoms with Crippen molar-refractivity contribution in [3.63, 3.8) is 0 Å². The number of amides is 1. The monoisotopic (exact) mass is 243 g/mol. The molecule has 0 spiro atoms. The lowest BCUT2D eigenvalue weighted by Crippen LogP contribution is -2.40. The van der Waals surface area contributed by atoms with Gasteiger partial charge in [-0.2, -0.15) is 0 Å². The van der Waals surface area contributed by atoms with Gasteiger partial charge in [-0.1, -0.05) is 12.7 Å². The fourth-order valence-corrected chi connectivity index (χ4v) is 1.61. The van der Waals surface area contributed by atoms with E-state index in [9.17, 15) is 9.59 Å². The van der Waals surface area contributed by atoms with Crippen LogP contribution in [0.2, 0.25) is 0 Å². The van der Waals surface area contributed by atoms with Gasteiger partial charge in [-0.3, -0.25) is 0 Å². The van der Waals surface area contributed by atoms with E-state index in [2.05, 4.69) is 11.9 Å². The minimum atomic E-state index is -0.955. The Hall–Kier alpha value is -1.56. The molecule has 1 aliphatic heterocycles. The van der Waals surface area contributed by atoms with Crippen LogP contribution in [0, 0.1) is 0 Å². The van der Waals surface area contributed by atoms with E-state index in [1.807, 2.05) is 0 Å². The van der Waals surface area contributed by atoms with E-state index in [-0.39, 0.29) is 19.3 Å². The van der Waals surface area contributed by atoms with Crippen molar-refractivity contribution in [1.29, 1.82) is 0 Å². The molecule has 1 heterocycles. The maximum atomic E-state index is 11.1. The summed E-state index contributed by atoms with van der Waals surface area (Å²) in [7, 11) is 0. The van der Waals surface area contributed by atoms with Crippen LogP contribution < -0.4 is 5.32 Å². The third-order valence-electron chi connectivity index (χ3n) is 2.43. The first-order chi connectivity index (χ1) is 8.13. The van der Waals surface area contributed by atoms with Crippen molar-refractivity contribution in [2.45, 2.75) is 31.5 Å². The Morgan fingerprint density at radius 2 is 2.29 bits per heavy atom. The molecule has 0 aromatic heterocycles. The van der Waals surface area contributed by atoms with Crippen LogP contribution in [0.25, 0.3) is 0 Å². The van der Waals surface area contributed by atoms with Crippen molar-refractivity contribution in [3.8, 4) is 0 Å². The second kappa shape index (κ2) is 6.90. The fraction of sp³-hybridized carbons (Fsp3) is 0.636. The molecule has 0 bridgehead atoms. The summed E-state index contributed by atoms with van der Waals surface area (Å²) in [4.78, 5) is 21.8.